The Labute approximate surface area is 150 Å². The van der Waals surface area contributed by atoms with E-state index in [2.05, 4.69) is 38.5 Å². The molecular weight excluding hydrogens is 324 g/mol. The third kappa shape index (κ3) is 5.62. The quantitative estimate of drug-likeness (QED) is 0.799. The van der Waals surface area contributed by atoms with Crippen molar-refractivity contribution in [3.05, 3.63) is 17.4 Å². The molecule has 24 heavy (non-hydrogen) atoms. The van der Waals surface area contributed by atoms with Gasteiger partial charge in [-0.15, -0.1) is 0 Å². The molecule has 1 heterocycles. The molecule has 1 aromatic rings. The topological polar surface area (TPSA) is 52.5 Å². The van der Waals surface area contributed by atoms with Crippen LogP contribution < -0.4 is 4.90 Å². The molecule has 0 amide bonds. The van der Waals surface area contributed by atoms with Gasteiger partial charge in [-0.1, -0.05) is 30.4 Å². The highest BCUT2D eigenvalue weighted by Gasteiger charge is 2.24. The second-order valence-electron chi connectivity index (χ2n) is 6.23. The van der Waals surface area contributed by atoms with Gasteiger partial charge in [0, 0.05) is 25.6 Å². The van der Waals surface area contributed by atoms with Gasteiger partial charge in [-0.2, -0.15) is 0 Å². The van der Waals surface area contributed by atoms with Gasteiger partial charge in [-0.05, 0) is 32.2 Å². The minimum Gasteiger partial charge on any atom is -0.395 e. The fraction of sp³-hybridized carbons (Fsp3) is 0.667. The van der Waals surface area contributed by atoms with Gasteiger partial charge in [0.1, 0.15) is 0 Å². The van der Waals surface area contributed by atoms with Crippen LogP contribution in [-0.4, -0.2) is 59.3 Å². The first-order chi connectivity index (χ1) is 11.6. The molecule has 2 rings (SSSR count). The molecule has 0 aromatic carbocycles. The molecule has 0 bridgehead atoms. The Morgan fingerprint density at radius 1 is 1.25 bits per heavy atom. The number of aliphatic hydroxyl groups is 1. The summed E-state index contributed by atoms with van der Waals surface area (Å²) in [5.74, 6) is 7.91. The maximum absolute atomic E-state index is 8.99. The zero-order valence-electron chi connectivity index (χ0n) is 14.6. The summed E-state index contributed by atoms with van der Waals surface area (Å²) >= 11 is 5.85. The number of halogens is 1. The SMILES string of the molecule is CCN(CC#C[C@H]1CC[C@H](N(C)c2ncc(Cl)cn2)CC1)CCO. The highest BCUT2D eigenvalue weighted by Crippen LogP contribution is 2.28. The number of rotatable bonds is 6. The van der Waals surface area contributed by atoms with Crippen molar-refractivity contribution in [3.8, 4) is 11.8 Å². The zero-order valence-corrected chi connectivity index (χ0v) is 15.3. The largest absolute Gasteiger partial charge is 0.395 e. The van der Waals surface area contributed by atoms with Crippen LogP contribution in [0.2, 0.25) is 5.02 Å². The van der Waals surface area contributed by atoms with Crippen LogP contribution in [0.4, 0.5) is 5.95 Å². The Morgan fingerprint density at radius 2 is 1.92 bits per heavy atom. The number of aromatic nitrogens is 2. The van der Waals surface area contributed by atoms with Crippen molar-refractivity contribution < 1.29 is 5.11 Å². The van der Waals surface area contributed by atoms with Crippen LogP contribution in [-0.2, 0) is 0 Å². The molecule has 1 aromatic heterocycles. The second-order valence-corrected chi connectivity index (χ2v) is 6.67. The minimum absolute atomic E-state index is 0.194. The maximum atomic E-state index is 8.99. The van der Waals surface area contributed by atoms with Crippen molar-refractivity contribution in [1.82, 2.24) is 14.9 Å². The molecule has 0 saturated heterocycles. The monoisotopic (exact) mass is 350 g/mol. The molecule has 1 saturated carbocycles. The van der Waals surface area contributed by atoms with Crippen LogP contribution in [0.15, 0.2) is 12.4 Å². The van der Waals surface area contributed by atoms with Gasteiger partial charge in [-0.3, -0.25) is 4.90 Å². The number of likely N-dealkylation sites (N-methyl/N-ethyl adjacent to an activating group) is 1. The number of aliphatic hydroxyl groups excluding tert-OH is 1. The third-order valence-electron chi connectivity index (χ3n) is 4.64. The van der Waals surface area contributed by atoms with Gasteiger partial charge < -0.3 is 10.0 Å². The van der Waals surface area contributed by atoms with Crippen molar-refractivity contribution in [2.45, 2.75) is 38.6 Å². The summed E-state index contributed by atoms with van der Waals surface area (Å²) in [7, 11) is 2.05. The molecule has 1 aliphatic rings. The molecule has 1 fully saturated rings. The van der Waals surface area contributed by atoms with Crippen LogP contribution in [0, 0.1) is 17.8 Å². The Kier molecular flexibility index (Phi) is 7.77. The minimum atomic E-state index is 0.194. The van der Waals surface area contributed by atoms with Crippen LogP contribution in [0.5, 0.6) is 0 Å². The standard InChI is InChI=1S/C18H27ClN4O/c1-3-23(11-12-24)10-4-5-15-6-8-17(9-7-15)22(2)18-20-13-16(19)14-21-18/h13-15,17,24H,3,6-12H2,1-2H3/t15-,17-. The first kappa shape index (κ1) is 19.0. The van der Waals surface area contributed by atoms with E-state index in [4.69, 9.17) is 16.7 Å². The lowest BCUT2D eigenvalue weighted by Crippen LogP contribution is -2.36. The molecule has 132 valence electrons. The number of anilines is 1. The highest BCUT2D eigenvalue weighted by atomic mass is 35.5. The van der Waals surface area contributed by atoms with Gasteiger partial charge in [0.05, 0.1) is 30.6 Å². The average molecular weight is 351 g/mol. The Bertz CT molecular complexity index is 546. The summed E-state index contributed by atoms with van der Waals surface area (Å²) in [5.41, 5.74) is 0. The van der Waals surface area contributed by atoms with E-state index < -0.39 is 0 Å². The maximum Gasteiger partial charge on any atom is 0.225 e. The summed E-state index contributed by atoms with van der Waals surface area (Å²) in [5, 5.41) is 9.56. The summed E-state index contributed by atoms with van der Waals surface area (Å²) in [6.07, 6.45) is 7.72. The van der Waals surface area contributed by atoms with Gasteiger partial charge in [-0.25, -0.2) is 9.97 Å². The van der Waals surface area contributed by atoms with Gasteiger partial charge >= 0.3 is 0 Å². The van der Waals surface area contributed by atoms with Crippen LogP contribution in [0.25, 0.3) is 0 Å². The first-order valence-electron chi connectivity index (χ1n) is 8.66. The number of nitrogens with zero attached hydrogens (tertiary/aromatic N) is 4. The van der Waals surface area contributed by atoms with E-state index in [0.29, 0.717) is 23.5 Å². The lowest BCUT2D eigenvalue weighted by atomic mass is 9.86. The first-order valence-corrected chi connectivity index (χ1v) is 9.03. The molecular formula is C18H27ClN4O. The predicted octanol–water partition coefficient (Wildman–Crippen LogP) is 2.44. The molecule has 5 nitrogen and oxygen atoms in total. The zero-order chi connectivity index (χ0) is 17.4. The third-order valence-corrected chi connectivity index (χ3v) is 4.83. The van der Waals surface area contributed by atoms with Crippen molar-refractivity contribution in [3.63, 3.8) is 0 Å². The lowest BCUT2D eigenvalue weighted by molar-refractivity contribution is 0.216. The molecule has 1 aliphatic carbocycles. The second kappa shape index (κ2) is 9.83. The summed E-state index contributed by atoms with van der Waals surface area (Å²) in [6, 6.07) is 0.464. The highest BCUT2D eigenvalue weighted by molar-refractivity contribution is 6.30. The van der Waals surface area contributed by atoms with E-state index >= 15 is 0 Å². The van der Waals surface area contributed by atoms with E-state index in [1.807, 2.05) is 7.05 Å². The van der Waals surface area contributed by atoms with E-state index in [1.54, 1.807) is 12.4 Å². The van der Waals surface area contributed by atoms with Crippen molar-refractivity contribution in [2.24, 2.45) is 5.92 Å². The molecule has 1 N–H and O–H groups in total. The molecule has 0 atom stereocenters. The molecule has 0 aliphatic heterocycles. The normalized spacial score (nSPS) is 20.5. The molecule has 0 radical (unpaired) electrons. The summed E-state index contributed by atoms with van der Waals surface area (Å²) in [4.78, 5) is 12.9. The predicted molar refractivity (Wildman–Crippen MR) is 98.2 cm³/mol. The van der Waals surface area contributed by atoms with Crippen LogP contribution in [0.3, 0.4) is 0 Å². The fourth-order valence-corrected chi connectivity index (χ4v) is 3.15. The lowest BCUT2D eigenvalue weighted by Gasteiger charge is -2.33. The number of hydrogen-bond donors (Lipinski definition) is 1. The smallest absolute Gasteiger partial charge is 0.225 e. The Hall–Kier alpha value is -1.35. The fourth-order valence-electron chi connectivity index (χ4n) is 3.05. The summed E-state index contributed by atoms with van der Waals surface area (Å²) < 4.78 is 0. The van der Waals surface area contributed by atoms with Crippen LogP contribution in [0.1, 0.15) is 32.6 Å². The summed E-state index contributed by atoms with van der Waals surface area (Å²) in [6.45, 7) is 4.66. The van der Waals surface area contributed by atoms with Gasteiger partial charge in [0.2, 0.25) is 5.95 Å². The number of hydrogen-bond acceptors (Lipinski definition) is 5. The van der Waals surface area contributed by atoms with E-state index in [1.165, 1.54) is 0 Å². The van der Waals surface area contributed by atoms with Crippen LogP contribution >= 0.6 is 11.6 Å². The van der Waals surface area contributed by atoms with Gasteiger partial charge in [0.15, 0.2) is 0 Å². The van der Waals surface area contributed by atoms with E-state index in [0.717, 1.165) is 44.7 Å². The molecule has 0 spiro atoms. The average Bonchev–Trinajstić information content (AvgIpc) is 2.61. The Morgan fingerprint density at radius 3 is 2.50 bits per heavy atom. The molecule has 6 heteroatoms. The Balaban J connectivity index is 1.80. The molecule has 0 unspecified atom stereocenters. The van der Waals surface area contributed by atoms with Gasteiger partial charge in [0.25, 0.3) is 0 Å². The van der Waals surface area contributed by atoms with Crippen molar-refractivity contribution in [1.29, 1.82) is 0 Å². The van der Waals surface area contributed by atoms with E-state index in [9.17, 15) is 0 Å². The van der Waals surface area contributed by atoms with E-state index in [-0.39, 0.29) is 6.61 Å². The van der Waals surface area contributed by atoms with Crippen molar-refractivity contribution in [2.75, 3.05) is 38.2 Å². The van der Waals surface area contributed by atoms with Crippen molar-refractivity contribution >= 4 is 17.5 Å².